The average Bonchev–Trinajstić information content (AvgIpc) is 2.04. The monoisotopic (exact) mass is 199 g/mol. The summed E-state index contributed by atoms with van der Waals surface area (Å²) in [7, 11) is 0. The van der Waals surface area contributed by atoms with E-state index in [1.165, 1.54) is 0 Å². The van der Waals surface area contributed by atoms with Gasteiger partial charge in [-0.3, -0.25) is 4.79 Å². The second-order valence-corrected chi connectivity index (χ2v) is 5.53. The maximum atomic E-state index is 11.3. The zero-order chi connectivity index (χ0) is 11.0. The van der Waals surface area contributed by atoms with Crippen LogP contribution >= 0.6 is 0 Å². The average molecular weight is 199 g/mol. The molecule has 1 atom stereocenters. The first-order valence-corrected chi connectivity index (χ1v) is 5.20. The first-order valence-electron chi connectivity index (χ1n) is 5.20. The molecule has 1 rings (SSSR count). The summed E-state index contributed by atoms with van der Waals surface area (Å²) in [6.07, 6.45) is 1.43. The van der Waals surface area contributed by atoms with Crippen molar-refractivity contribution in [1.82, 2.24) is 4.90 Å². The Morgan fingerprint density at radius 1 is 1.36 bits per heavy atom. The lowest BCUT2D eigenvalue weighted by Crippen LogP contribution is -2.36. The van der Waals surface area contributed by atoms with Crippen LogP contribution in [-0.2, 0) is 4.79 Å². The molecule has 0 aromatic rings. The summed E-state index contributed by atoms with van der Waals surface area (Å²) in [5.41, 5.74) is -0.626. The highest BCUT2D eigenvalue weighted by Gasteiger charge is 2.36. The fraction of sp³-hybridized carbons (Fsp3) is 0.909. The normalized spacial score (nSPS) is 32.5. The second-order valence-electron chi connectivity index (χ2n) is 5.53. The third-order valence-electron chi connectivity index (χ3n) is 2.84. The Hall–Kier alpha value is -0.570. The number of hydrogen-bond acceptors (Lipinski definition) is 2. The van der Waals surface area contributed by atoms with Crippen LogP contribution in [0.2, 0.25) is 0 Å². The van der Waals surface area contributed by atoms with Crippen molar-refractivity contribution < 1.29 is 9.90 Å². The maximum Gasteiger partial charge on any atom is 0.219 e. The molecule has 0 spiro atoms. The van der Waals surface area contributed by atoms with E-state index in [-0.39, 0.29) is 11.3 Å². The van der Waals surface area contributed by atoms with Crippen molar-refractivity contribution in [2.45, 2.75) is 46.1 Å². The second kappa shape index (κ2) is 3.54. The molecule has 1 fully saturated rings. The summed E-state index contributed by atoms with van der Waals surface area (Å²) in [4.78, 5) is 13.1. The Morgan fingerprint density at radius 3 is 2.43 bits per heavy atom. The van der Waals surface area contributed by atoms with Crippen molar-refractivity contribution in [3.63, 3.8) is 0 Å². The molecule has 82 valence electrons. The van der Waals surface area contributed by atoms with Crippen LogP contribution in [0.5, 0.6) is 0 Å². The molecule has 3 nitrogen and oxygen atoms in total. The number of carbonyl (C=O) groups is 1. The molecular formula is C11H21NO2. The Balaban J connectivity index is 2.79. The molecular weight excluding hydrogens is 178 g/mol. The molecule has 0 saturated carbocycles. The van der Waals surface area contributed by atoms with E-state index in [0.29, 0.717) is 13.0 Å². The van der Waals surface area contributed by atoms with Gasteiger partial charge in [-0.2, -0.15) is 0 Å². The third-order valence-corrected chi connectivity index (χ3v) is 2.84. The number of rotatable bonds is 0. The molecule has 0 bridgehead atoms. The fourth-order valence-electron chi connectivity index (χ4n) is 2.42. The Kier molecular flexibility index (Phi) is 2.91. The largest absolute Gasteiger partial charge is 0.390 e. The lowest BCUT2D eigenvalue weighted by molar-refractivity contribution is -0.129. The summed E-state index contributed by atoms with van der Waals surface area (Å²) < 4.78 is 0. The number of hydrogen-bond donors (Lipinski definition) is 1. The highest BCUT2D eigenvalue weighted by Crippen LogP contribution is 2.34. The van der Waals surface area contributed by atoms with Crippen LogP contribution in [0.3, 0.4) is 0 Å². The van der Waals surface area contributed by atoms with Crippen LogP contribution in [0.25, 0.3) is 0 Å². The van der Waals surface area contributed by atoms with E-state index in [1.807, 2.05) is 11.8 Å². The number of nitrogens with zero attached hydrogens (tertiary/aromatic N) is 1. The van der Waals surface area contributed by atoms with Gasteiger partial charge in [0.15, 0.2) is 0 Å². The molecule has 1 aliphatic heterocycles. The molecule has 0 aromatic carbocycles. The van der Waals surface area contributed by atoms with E-state index in [2.05, 4.69) is 13.8 Å². The van der Waals surface area contributed by atoms with Crippen LogP contribution in [0.15, 0.2) is 0 Å². The quantitative estimate of drug-likeness (QED) is 0.640. The van der Waals surface area contributed by atoms with Gasteiger partial charge in [-0.1, -0.05) is 13.8 Å². The minimum Gasteiger partial charge on any atom is -0.390 e. The van der Waals surface area contributed by atoms with Crippen molar-refractivity contribution in [3.8, 4) is 0 Å². The van der Waals surface area contributed by atoms with Gasteiger partial charge in [0, 0.05) is 20.0 Å². The van der Waals surface area contributed by atoms with Gasteiger partial charge in [0.25, 0.3) is 0 Å². The Bertz CT molecular complexity index is 233. The van der Waals surface area contributed by atoms with Gasteiger partial charge in [0.1, 0.15) is 0 Å². The number of amides is 1. The van der Waals surface area contributed by atoms with Gasteiger partial charge in [0.05, 0.1) is 5.60 Å². The molecule has 14 heavy (non-hydrogen) atoms. The molecule has 0 aliphatic carbocycles. The zero-order valence-corrected chi connectivity index (χ0v) is 9.63. The van der Waals surface area contributed by atoms with Gasteiger partial charge in [0.2, 0.25) is 5.91 Å². The highest BCUT2D eigenvalue weighted by molar-refractivity contribution is 5.73. The summed E-state index contributed by atoms with van der Waals surface area (Å²) in [5.74, 6) is 0.107. The predicted molar refractivity (Wildman–Crippen MR) is 55.9 cm³/mol. The van der Waals surface area contributed by atoms with Crippen molar-refractivity contribution in [2.75, 3.05) is 13.1 Å². The van der Waals surface area contributed by atoms with Crippen molar-refractivity contribution in [1.29, 1.82) is 0 Å². The van der Waals surface area contributed by atoms with E-state index in [4.69, 9.17) is 0 Å². The van der Waals surface area contributed by atoms with Gasteiger partial charge >= 0.3 is 0 Å². The van der Waals surface area contributed by atoms with E-state index < -0.39 is 5.60 Å². The van der Waals surface area contributed by atoms with Crippen molar-refractivity contribution in [2.24, 2.45) is 5.41 Å². The summed E-state index contributed by atoms with van der Waals surface area (Å²) in [6, 6.07) is 0. The summed E-state index contributed by atoms with van der Waals surface area (Å²) >= 11 is 0. The molecule has 1 unspecified atom stereocenters. The highest BCUT2D eigenvalue weighted by atomic mass is 16.3. The van der Waals surface area contributed by atoms with Crippen LogP contribution < -0.4 is 0 Å². The van der Waals surface area contributed by atoms with E-state index >= 15 is 0 Å². The third kappa shape index (κ3) is 2.98. The van der Waals surface area contributed by atoms with E-state index in [1.54, 1.807) is 6.92 Å². The van der Waals surface area contributed by atoms with E-state index in [0.717, 1.165) is 13.0 Å². The van der Waals surface area contributed by atoms with Gasteiger partial charge in [-0.25, -0.2) is 0 Å². The van der Waals surface area contributed by atoms with Crippen LogP contribution in [0, 0.1) is 5.41 Å². The Morgan fingerprint density at radius 2 is 1.93 bits per heavy atom. The minimum absolute atomic E-state index is 0.00562. The van der Waals surface area contributed by atoms with Crippen LogP contribution in [0.1, 0.15) is 40.5 Å². The van der Waals surface area contributed by atoms with Gasteiger partial charge < -0.3 is 10.0 Å². The smallest absolute Gasteiger partial charge is 0.219 e. The number of carbonyl (C=O) groups excluding carboxylic acids is 1. The van der Waals surface area contributed by atoms with Crippen LogP contribution in [0.4, 0.5) is 0 Å². The molecule has 0 aromatic heterocycles. The van der Waals surface area contributed by atoms with Crippen molar-refractivity contribution in [3.05, 3.63) is 0 Å². The topological polar surface area (TPSA) is 40.5 Å². The van der Waals surface area contributed by atoms with E-state index in [9.17, 15) is 9.90 Å². The van der Waals surface area contributed by atoms with Crippen molar-refractivity contribution >= 4 is 5.91 Å². The maximum absolute atomic E-state index is 11.3. The van der Waals surface area contributed by atoms with Crippen LogP contribution in [-0.4, -0.2) is 34.6 Å². The summed E-state index contributed by atoms with van der Waals surface area (Å²) in [6.45, 7) is 9.07. The molecule has 1 aliphatic rings. The standard InChI is InChI=1S/C11H21NO2/c1-9(13)12-6-5-11(4,14)7-10(2,3)8-12/h14H,5-8H2,1-4H3. The SMILES string of the molecule is CC(=O)N1CCC(C)(O)CC(C)(C)C1. The number of likely N-dealkylation sites (tertiary alicyclic amines) is 1. The number of aliphatic hydroxyl groups is 1. The molecule has 1 saturated heterocycles. The molecule has 1 amide bonds. The first-order chi connectivity index (χ1) is 6.22. The predicted octanol–water partition coefficient (Wildman–Crippen LogP) is 1.41. The Labute approximate surface area is 86.1 Å². The molecule has 1 heterocycles. The summed E-state index contributed by atoms with van der Waals surface area (Å²) in [5, 5.41) is 10.1. The lowest BCUT2D eigenvalue weighted by Gasteiger charge is -2.31. The first kappa shape index (κ1) is 11.5. The van der Waals surface area contributed by atoms with Gasteiger partial charge in [-0.05, 0) is 25.2 Å². The fourth-order valence-corrected chi connectivity index (χ4v) is 2.42. The van der Waals surface area contributed by atoms with Gasteiger partial charge in [-0.15, -0.1) is 0 Å². The minimum atomic E-state index is -0.631. The molecule has 3 heteroatoms. The zero-order valence-electron chi connectivity index (χ0n) is 9.63. The molecule has 1 N–H and O–H groups in total. The molecule has 0 radical (unpaired) electrons. The lowest BCUT2D eigenvalue weighted by atomic mass is 9.81.